The molecule has 1 atom stereocenters. The van der Waals surface area contributed by atoms with E-state index in [2.05, 4.69) is 27.9 Å². The molecule has 1 heterocycles. The molecule has 2 aromatic carbocycles. The topological polar surface area (TPSA) is 50.9 Å². The van der Waals surface area contributed by atoms with Crippen LogP contribution < -0.4 is 11.1 Å². The van der Waals surface area contributed by atoms with Gasteiger partial charge in [-0.25, -0.2) is 0 Å². The van der Waals surface area contributed by atoms with Crippen LogP contribution in [-0.2, 0) is 0 Å². The minimum Gasteiger partial charge on any atom is -0.373 e. The summed E-state index contributed by atoms with van der Waals surface area (Å²) in [7, 11) is 0. The van der Waals surface area contributed by atoms with Gasteiger partial charge in [0.05, 0.1) is 5.52 Å². The van der Waals surface area contributed by atoms with Gasteiger partial charge in [-0.15, -0.1) is 0 Å². The van der Waals surface area contributed by atoms with Crippen LogP contribution >= 0.6 is 11.5 Å². The highest BCUT2D eigenvalue weighted by molar-refractivity contribution is 7.11. The molecule has 0 aliphatic heterocycles. The average molecular weight is 269 g/mol. The van der Waals surface area contributed by atoms with Crippen LogP contribution in [0.5, 0.6) is 0 Å². The lowest BCUT2D eigenvalue weighted by atomic mass is 10.1. The van der Waals surface area contributed by atoms with Crippen LogP contribution in [0.2, 0.25) is 0 Å². The summed E-state index contributed by atoms with van der Waals surface area (Å²) in [6, 6.07) is 18.2. The number of anilines is 1. The number of benzene rings is 2. The van der Waals surface area contributed by atoms with Crippen molar-refractivity contribution >= 4 is 27.4 Å². The lowest BCUT2D eigenvalue weighted by Crippen LogP contribution is -2.20. The van der Waals surface area contributed by atoms with Gasteiger partial charge in [0.2, 0.25) is 0 Å². The van der Waals surface area contributed by atoms with Crippen LogP contribution in [0.15, 0.2) is 54.6 Å². The minimum atomic E-state index is -0.0120. The quantitative estimate of drug-likeness (QED) is 0.763. The van der Waals surface area contributed by atoms with Gasteiger partial charge in [0, 0.05) is 18.0 Å². The monoisotopic (exact) mass is 269 g/mol. The molecule has 96 valence electrons. The van der Waals surface area contributed by atoms with E-state index >= 15 is 0 Å². The number of aromatic nitrogens is 1. The summed E-state index contributed by atoms with van der Waals surface area (Å²) in [5.41, 5.74) is 8.35. The molecule has 1 unspecified atom stereocenters. The average Bonchev–Trinajstić information content (AvgIpc) is 2.89. The molecule has 1 aromatic heterocycles. The Hall–Kier alpha value is -1.91. The predicted molar refractivity (Wildman–Crippen MR) is 81.5 cm³/mol. The molecular formula is C15H15N3S. The van der Waals surface area contributed by atoms with Crippen LogP contribution in [0, 0.1) is 0 Å². The van der Waals surface area contributed by atoms with Gasteiger partial charge < -0.3 is 11.1 Å². The van der Waals surface area contributed by atoms with E-state index in [1.54, 1.807) is 0 Å². The summed E-state index contributed by atoms with van der Waals surface area (Å²) in [6.45, 7) is 0.705. The van der Waals surface area contributed by atoms with E-state index in [1.807, 2.05) is 36.4 Å². The van der Waals surface area contributed by atoms with Gasteiger partial charge in [0.25, 0.3) is 0 Å². The fourth-order valence-corrected chi connectivity index (χ4v) is 2.81. The molecular weight excluding hydrogens is 254 g/mol. The van der Waals surface area contributed by atoms with E-state index in [0.717, 1.165) is 21.5 Å². The SMILES string of the molecule is NC(CNc1snc2ccccc12)c1ccccc1. The molecule has 0 spiro atoms. The van der Waals surface area contributed by atoms with E-state index in [4.69, 9.17) is 5.73 Å². The standard InChI is InChI=1S/C15H15N3S/c16-13(11-6-2-1-3-7-11)10-17-15-12-8-4-5-9-14(12)18-19-15/h1-9,13,17H,10,16H2. The van der Waals surface area contributed by atoms with Crippen molar-refractivity contribution in [2.45, 2.75) is 6.04 Å². The van der Waals surface area contributed by atoms with Crippen LogP contribution in [-0.4, -0.2) is 10.9 Å². The molecule has 4 heteroatoms. The smallest absolute Gasteiger partial charge is 0.117 e. The van der Waals surface area contributed by atoms with Gasteiger partial charge >= 0.3 is 0 Å². The number of rotatable bonds is 4. The Bertz CT molecular complexity index is 663. The van der Waals surface area contributed by atoms with Gasteiger partial charge in [0.15, 0.2) is 0 Å². The first-order valence-corrected chi connectivity index (χ1v) is 7.01. The van der Waals surface area contributed by atoms with Crippen molar-refractivity contribution < 1.29 is 0 Å². The summed E-state index contributed by atoms with van der Waals surface area (Å²) in [4.78, 5) is 0. The second-order valence-corrected chi connectivity index (χ2v) is 5.20. The normalized spacial score (nSPS) is 12.5. The van der Waals surface area contributed by atoms with Crippen LogP contribution in [0.4, 0.5) is 5.00 Å². The van der Waals surface area contributed by atoms with Crippen LogP contribution in [0.25, 0.3) is 10.9 Å². The zero-order valence-corrected chi connectivity index (χ0v) is 11.2. The molecule has 19 heavy (non-hydrogen) atoms. The minimum absolute atomic E-state index is 0.0120. The Morgan fingerprint density at radius 1 is 1.05 bits per heavy atom. The van der Waals surface area contributed by atoms with Crippen molar-refractivity contribution in [3.05, 3.63) is 60.2 Å². The maximum absolute atomic E-state index is 6.18. The number of nitrogens with two attached hydrogens (primary N) is 1. The molecule has 0 fully saturated rings. The summed E-state index contributed by atoms with van der Waals surface area (Å²) >= 11 is 1.48. The Balaban J connectivity index is 1.73. The molecule has 3 N–H and O–H groups in total. The van der Waals surface area contributed by atoms with Crippen molar-refractivity contribution in [2.24, 2.45) is 5.73 Å². The Morgan fingerprint density at radius 3 is 2.63 bits per heavy atom. The third-order valence-electron chi connectivity index (χ3n) is 3.09. The van der Waals surface area contributed by atoms with Gasteiger partial charge in [-0.2, -0.15) is 4.37 Å². The fraction of sp³-hybridized carbons (Fsp3) is 0.133. The molecule has 3 rings (SSSR count). The van der Waals surface area contributed by atoms with Gasteiger partial charge in [-0.1, -0.05) is 42.5 Å². The maximum Gasteiger partial charge on any atom is 0.117 e. The van der Waals surface area contributed by atoms with Crippen LogP contribution in [0.3, 0.4) is 0 Å². The van der Waals surface area contributed by atoms with Crippen molar-refractivity contribution in [2.75, 3.05) is 11.9 Å². The molecule has 0 radical (unpaired) electrons. The third kappa shape index (κ3) is 2.59. The highest BCUT2D eigenvalue weighted by atomic mass is 32.1. The number of hydrogen-bond donors (Lipinski definition) is 2. The highest BCUT2D eigenvalue weighted by Crippen LogP contribution is 2.27. The molecule has 0 aliphatic carbocycles. The number of nitrogens with one attached hydrogen (secondary N) is 1. The van der Waals surface area contributed by atoms with E-state index in [1.165, 1.54) is 11.5 Å². The highest BCUT2D eigenvalue weighted by Gasteiger charge is 2.08. The first-order chi connectivity index (χ1) is 9.34. The summed E-state index contributed by atoms with van der Waals surface area (Å²) < 4.78 is 4.41. The molecule has 0 bridgehead atoms. The fourth-order valence-electron chi connectivity index (χ4n) is 2.04. The first-order valence-electron chi connectivity index (χ1n) is 6.23. The van der Waals surface area contributed by atoms with E-state index < -0.39 is 0 Å². The Morgan fingerprint density at radius 2 is 1.79 bits per heavy atom. The molecule has 0 saturated heterocycles. The van der Waals surface area contributed by atoms with Crippen molar-refractivity contribution in [1.29, 1.82) is 0 Å². The largest absolute Gasteiger partial charge is 0.373 e. The Labute approximate surface area is 116 Å². The van der Waals surface area contributed by atoms with Crippen molar-refractivity contribution in [3.63, 3.8) is 0 Å². The second kappa shape index (κ2) is 5.38. The van der Waals surface area contributed by atoms with Crippen molar-refractivity contribution in [1.82, 2.24) is 4.37 Å². The number of fused-ring (bicyclic) bond motifs is 1. The molecule has 0 amide bonds. The number of nitrogens with zero attached hydrogens (tertiary/aromatic N) is 1. The van der Waals surface area contributed by atoms with Gasteiger partial charge in [-0.05, 0) is 29.2 Å². The van der Waals surface area contributed by atoms with Crippen LogP contribution in [0.1, 0.15) is 11.6 Å². The second-order valence-electron chi connectivity index (χ2n) is 4.43. The molecule has 3 aromatic rings. The lowest BCUT2D eigenvalue weighted by Gasteiger charge is -2.12. The number of hydrogen-bond acceptors (Lipinski definition) is 4. The molecule has 3 nitrogen and oxygen atoms in total. The molecule has 0 aliphatic rings. The zero-order valence-electron chi connectivity index (χ0n) is 10.4. The van der Waals surface area contributed by atoms with Crippen molar-refractivity contribution in [3.8, 4) is 0 Å². The summed E-state index contributed by atoms with van der Waals surface area (Å²) in [5, 5.41) is 5.64. The van der Waals surface area contributed by atoms with Gasteiger partial charge in [-0.3, -0.25) is 0 Å². The lowest BCUT2D eigenvalue weighted by molar-refractivity contribution is 0.766. The van der Waals surface area contributed by atoms with E-state index in [0.29, 0.717) is 6.54 Å². The molecule has 0 saturated carbocycles. The summed E-state index contributed by atoms with van der Waals surface area (Å²) in [5.74, 6) is 0. The van der Waals surface area contributed by atoms with Gasteiger partial charge in [0.1, 0.15) is 5.00 Å². The Kier molecular flexibility index (Phi) is 3.44. The summed E-state index contributed by atoms with van der Waals surface area (Å²) in [6.07, 6.45) is 0. The van der Waals surface area contributed by atoms with E-state index in [-0.39, 0.29) is 6.04 Å². The maximum atomic E-state index is 6.18. The first kappa shape index (κ1) is 12.1. The zero-order chi connectivity index (χ0) is 13.1. The van der Waals surface area contributed by atoms with E-state index in [9.17, 15) is 0 Å². The predicted octanol–water partition coefficient (Wildman–Crippen LogP) is 3.41. The third-order valence-corrected chi connectivity index (χ3v) is 3.93.